The van der Waals surface area contributed by atoms with Crippen molar-refractivity contribution >= 4 is 28.6 Å². The molecule has 0 radical (unpaired) electrons. The van der Waals surface area contributed by atoms with Crippen molar-refractivity contribution < 1.29 is 4.74 Å². The molecule has 1 heterocycles. The lowest BCUT2D eigenvalue weighted by Gasteiger charge is -2.08. The van der Waals surface area contributed by atoms with E-state index in [1.165, 1.54) is 11.3 Å². The zero-order chi connectivity index (χ0) is 13.5. The molecule has 0 fully saturated rings. The smallest absolute Gasteiger partial charge is 0.183 e. The molecule has 0 amide bonds. The van der Waals surface area contributed by atoms with Crippen LogP contribution in [0.1, 0.15) is 24.6 Å². The molecule has 2 aromatic rings. The normalized spacial score (nSPS) is 10.4. The minimum Gasteiger partial charge on any atom is -0.494 e. The molecule has 5 heteroatoms. The quantitative estimate of drug-likeness (QED) is 0.759. The molecule has 0 atom stereocenters. The average molecular weight is 297 g/mol. The number of benzene rings is 1. The predicted octanol–water partition coefficient (Wildman–Crippen LogP) is 4.59. The number of nitrogens with zero attached hydrogens (tertiary/aromatic N) is 1. The number of anilines is 1. The van der Waals surface area contributed by atoms with E-state index in [-0.39, 0.29) is 0 Å². The van der Waals surface area contributed by atoms with Crippen LogP contribution in [0.3, 0.4) is 0 Å². The second-order valence-corrected chi connectivity index (χ2v) is 5.86. The van der Waals surface area contributed by atoms with Crippen LogP contribution >= 0.6 is 22.9 Å². The number of aromatic nitrogens is 1. The third-order valence-corrected chi connectivity index (χ3v) is 3.71. The van der Waals surface area contributed by atoms with Crippen LogP contribution in [-0.2, 0) is 6.54 Å². The molecule has 0 aliphatic carbocycles. The molecule has 102 valence electrons. The van der Waals surface area contributed by atoms with Crippen LogP contribution in [0.15, 0.2) is 30.5 Å². The zero-order valence-electron chi connectivity index (χ0n) is 10.9. The van der Waals surface area contributed by atoms with E-state index in [0.717, 1.165) is 42.3 Å². The predicted molar refractivity (Wildman–Crippen MR) is 81.3 cm³/mol. The van der Waals surface area contributed by atoms with Crippen molar-refractivity contribution in [1.82, 2.24) is 4.98 Å². The Balaban J connectivity index is 1.87. The highest BCUT2D eigenvalue weighted by Gasteiger charge is 2.00. The summed E-state index contributed by atoms with van der Waals surface area (Å²) in [5.74, 6) is 0.904. The maximum atomic E-state index is 5.80. The molecule has 0 unspecified atom stereocenters. The molecule has 0 saturated heterocycles. The topological polar surface area (TPSA) is 34.1 Å². The molecule has 0 aliphatic heterocycles. The van der Waals surface area contributed by atoms with Gasteiger partial charge in [0.25, 0.3) is 0 Å². The number of ether oxygens (including phenoxy) is 1. The van der Waals surface area contributed by atoms with Gasteiger partial charge in [-0.15, -0.1) is 11.3 Å². The summed E-state index contributed by atoms with van der Waals surface area (Å²) in [6.45, 7) is 3.65. The number of hydrogen-bond donors (Lipinski definition) is 1. The van der Waals surface area contributed by atoms with Crippen molar-refractivity contribution in [2.45, 2.75) is 26.3 Å². The van der Waals surface area contributed by atoms with E-state index in [0.29, 0.717) is 4.47 Å². The van der Waals surface area contributed by atoms with Crippen LogP contribution < -0.4 is 10.1 Å². The zero-order valence-corrected chi connectivity index (χ0v) is 12.4. The number of halogens is 1. The Morgan fingerprint density at radius 3 is 3.05 bits per heavy atom. The van der Waals surface area contributed by atoms with Crippen molar-refractivity contribution in [2.75, 3.05) is 11.9 Å². The van der Waals surface area contributed by atoms with Gasteiger partial charge in [-0.25, -0.2) is 4.98 Å². The highest BCUT2D eigenvalue weighted by atomic mass is 35.5. The highest BCUT2D eigenvalue weighted by molar-refractivity contribution is 7.15. The number of hydrogen-bond acceptors (Lipinski definition) is 4. The summed E-state index contributed by atoms with van der Waals surface area (Å²) in [7, 11) is 0. The largest absolute Gasteiger partial charge is 0.494 e. The van der Waals surface area contributed by atoms with E-state index in [1.54, 1.807) is 6.20 Å². The Morgan fingerprint density at radius 2 is 2.32 bits per heavy atom. The summed E-state index contributed by atoms with van der Waals surface area (Å²) in [5, 5.41) is 3.34. The summed E-state index contributed by atoms with van der Waals surface area (Å²) in [5.41, 5.74) is 1.04. The van der Waals surface area contributed by atoms with E-state index in [4.69, 9.17) is 16.3 Å². The van der Waals surface area contributed by atoms with Crippen molar-refractivity contribution in [3.8, 4) is 5.75 Å². The van der Waals surface area contributed by atoms with E-state index in [2.05, 4.69) is 17.2 Å². The highest BCUT2D eigenvalue weighted by Crippen LogP contribution is 2.21. The lowest BCUT2D eigenvalue weighted by atomic mass is 10.3. The van der Waals surface area contributed by atoms with Gasteiger partial charge in [-0.05, 0) is 18.6 Å². The Morgan fingerprint density at radius 1 is 1.42 bits per heavy atom. The second-order valence-electron chi connectivity index (χ2n) is 4.16. The maximum Gasteiger partial charge on any atom is 0.183 e. The fraction of sp³-hybridized carbons (Fsp3) is 0.357. The summed E-state index contributed by atoms with van der Waals surface area (Å²) < 4.78 is 6.25. The third kappa shape index (κ3) is 4.73. The number of thiazole rings is 1. The van der Waals surface area contributed by atoms with Crippen LogP contribution in [0.4, 0.5) is 5.69 Å². The van der Waals surface area contributed by atoms with Gasteiger partial charge in [-0.3, -0.25) is 0 Å². The first kappa shape index (κ1) is 14.2. The number of nitrogens with one attached hydrogen (secondary N) is 1. The standard InChI is InChI=1S/C14H17ClN2OS/c1-2-3-7-18-12-6-4-5-11(8-12)16-9-13-10-17-14(15)19-13/h4-6,8,10,16H,2-3,7,9H2,1H3. The van der Waals surface area contributed by atoms with Gasteiger partial charge < -0.3 is 10.1 Å². The SMILES string of the molecule is CCCCOc1cccc(NCc2cnc(Cl)s2)c1. The molecule has 19 heavy (non-hydrogen) atoms. The van der Waals surface area contributed by atoms with Gasteiger partial charge in [-0.2, -0.15) is 0 Å². The molecule has 3 nitrogen and oxygen atoms in total. The fourth-order valence-electron chi connectivity index (χ4n) is 1.58. The van der Waals surface area contributed by atoms with Crippen LogP contribution in [-0.4, -0.2) is 11.6 Å². The van der Waals surface area contributed by atoms with E-state index in [9.17, 15) is 0 Å². The molecule has 0 bridgehead atoms. The summed E-state index contributed by atoms with van der Waals surface area (Å²) in [6.07, 6.45) is 4.02. The monoisotopic (exact) mass is 296 g/mol. The minimum absolute atomic E-state index is 0.577. The van der Waals surface area contributed by atoms with Gasteiger partial charge in [0.15, 0.2) is 4.47 Å². The van der Waals surface area contributed by atoms with Crippen molar-refractivity contribution in [1.29, 1.82) is 0 Å². The van der Waals surface area contributed by atoms with E-state index in [1.807, 2.05) is 24.3 Å². The Bertz CT molecular complexity index is 516. The third-order valence-electron chi connectivity index (χ3n) is 2.59. The molecule has 0 aliphatic rings. The first-order valence-electron chi connectivity index (χ1n) is 6.35. The molecule has 0 spiro atoms. The van der Waals surface area contributed by atoms with Gasteiger partial charge in [-0.1, -0.05) is 31.0 Å². The molecule has 0 saturated carbocycles. The van der Waals surface area contributed by atoms with Crippen LogP contribution in [0.25, 0.3) is 0 Å². The van der Waals surface area contributed by atoms with E-state index >= 15 is 0 Å². The molecule has 1 aromatic carbocycles. The number of unbranched alkanes of at least 4 members (excludes halogenated alkanes) is 1. The van der Waals surface area contributed by atoms with Gasteiger partial charge >= 0.3 is 0 Å². The summed E-state index contributed by atoms with van der Waals surface area (Å²) in [6, 6.07) is 8.00. The molecular formula is C14H17ClN2OS. The van der Waals surface area contributed by atoms with Crippen molar-refractivity contribution in [2.24, 2.45) is 0 Å². The average Bonchev–Trinajstić information content (AvgIpc) is 2.83. The first-order chi connectivity index (χ1) is 9.28. The summed E-state index contributed by atoms with van der Waals surface area (Å²) >= 11 is 7.29. The second kappa shape index (κ2) is 7.36. The van der Waals surface area contributed by atoms with Gasteiger partial charge in [0.2, 0.25) is 0 Å². The van der Waals surface area contributed by atoms with Crippen molar-refractivity contribution in [3.63, 3.8) is 0 Å². The van der Waals surface area contributed by atoms with Gasteiger partial charge in [0, 0.05) is 22.8 Å². The molecule has 2 rings (SSSR count). The fourth-order valence-corrected chi connectivity index (χ4v) is 2.50. The molecular weight excluding hydrogens is 280 g/mol. The maximum absolute atomic E-state index is 5.80. The Hall–Kier alpha value is -1.26. The molecule has 1 aromatic heterocycles. The van der Waals surface area contributed by atoms with E-state index < -0.39 is 0 Å². The lowest BCUT2D eigenvalue weighted by Crippen LogP contribution is -1.99. The van der Waals surface area contributed by atoms with Crippen LogP contribution in [0.2, 0.25) is 4.47 Å². The molecule has 1 N–H and O–H groups in total. The van der Waals surface area contributed by atoms with Gasteiger partial charge in [0.05, 0.1) is 13.2 Å². The Kier molecular flexibility index (Phi) is 5.48. The minimum atomic E-state index is 0.577. The lowest BCUT2D eigenvalue weighted by molar-refractivity contribution is 0.309. The first-order valence-corrected chi connectivity index (χ1v) is 7.54. The van der Waals surface area contributed by atoms with Crippen LogP contribution in [0, 0.1) is 0 Å². The van der Waals surface area contributed by atoms with Gasteiger partial charge in [0.1, 0.15) is 5.75 Å². The van der Waals surface area contributed by atoms with Crippen molar-refractivity contribution in [3.05, 3.63) is 39.8 Å². The van der Waals surface area contributed by atoms with Crippen LogP contribution in [0.5, 0.6) is 5.75 Å². The number of rotatable bonds is 7. The summed E-state index contributed by atoms with van der Waals surface area (Å²) in [4.78, 5) is 5.13. The Labute approximate surface area is 122 Å².